The van der Waals surface area contributed by atoms with Gasteiger partial charge in [0.15, 0.2) is 5.76 Å². The minimum atomic E-state index is -0.590. The topological polar surface area (TPSA) is 75.4 Å². The SMILES string of the molecule is O=C(NC1CCCN(c2cccnc2)C1=O)c1cc2cc(Cl)ccc2o1. The van der Waals surface area contributed by atoms with Gasteiger partial charge in [-0.2, -0.15) is 0 Å². The number of carbonyl (C=O) groups excluding carboxylic acids is 2. The lowest BCUT2D eigenvalue weighted by Gasteiger charge is -2.32. The fraction of sp³-hybridized carbons (Fsp3) is 0.211. The molecule has 6 nitrogen and oxygen atoms in total. The molecule has 2 aromatic heterocycles. The minimum absolute atomic E-state index is 0.142. The van der Waals surface area contributed by atoms with Crippen LogP contribution >= 0.6 is 11.6 Å². The van der Waals surface area contributed by atoms with Gasteiger partial charge in [-0.25, -0.2) is 0 Å². The van der Waals surface area contributed by atoms with Gasteiger partial charge in [0, 0.05) is 23.2 Å². The van der Waals surface area contributed by atoms with E-state index in [9.17, 15) is 9.59 Å². The third-order valence-electron chi connectivity index (χ3n) is 4.40. The first kappa shape index (κ1) is 16.6. The summed E-state index contributed by atoms with van der Waals surface area (Å²) in [5.74, 6) is -0.394. The average Bonchev–Trinajstić information content (AvgIpc) is 3.07. The molecule has 3 aromatic rings. The fourth-order valence-electron chi connectivity index (χ4n) is 3.13. The lowest BCUT2D eigenvalue weighted by Crippen LogP contribution is -2.52. The molecule has 0 radical (unpaired) electrons. The summed E-state index contributed by atoms with van der Waals surface area (Å²) >= 11 is 5.96. The van der Waals surface area contributed by atoms with Crippen LogP contribution in [0.5, 0.6) is 0 Å². The number of hydrogen-bond acceptors (Lipinski definition) is 4. The summed E-state index contributed by atoms with van der Waals surface area (Å²) in [5.41, 5.74) is 1.31. The summed E-state index contributed by atoms with van der Waals surface area (Å²) in [6.07, 6.45) is 4.69. The number of nitrogens with zero attached hydrogens (tertiary/aromatic N) is 2. The van der Waals surface area contributed by atoms with Gasteiger partial charge in [0.1, 0.15) is 11.6 Å². The molecule has 1 aliphatic heterocycles. The number of benzene rings is 1. The van der Waals surface area contributed by atoms with Crippen LogP contribution < -0.4 is 10.2 Å². The Morgan fingerprint density at radius 3 is 3.00 bits per heavy atom. The maximum atomic E-state index is 12.7. The Labute approximate surface area is 154 Å². The molecule has 1 atom stereocenters. The molecule has 3 heterocycles. The van der Waals surface area contributed by atoms with Crippen molar-refractivity contribution < 1.29 is 14.0 Å². The van der Waals surface area contributed by atoms with Crippen LogP contribution in [0.2, 0.25) is 5.02 Å². The van der Waals surface area contributed by atoms with Crippen LogP contribution in [0.4, 0.5) is 5.69 Å². The number of anilines is 1. The van der Waals surface area contributed by atoms with Gasteiger partial charge in [-0.1, -0.05) is 11.6 Å². The van der Waals surface area contributed by atoms with Gasteiger partial charge >= 0.3 is 0 Å². The molecule has 1 N–H and O–H groups in total. The molecule has 0 spiro atoms. The fourth-order valence-corrected chi connectivity index (χ4v) is 3.31. The number of fused-ring (bicyclic) bond motifs is 1. The van der Waals surface area contributed by atoms with Crippen molar-refractivity contribution in [3.05, 3.63) is 59.6 Å². The standard InChI is InChI=1S/C19H16ClN3O3/c20-13-5-6-16-12(9-13)10-17(26-16)18(24)22-15-4-2-8-23(19(15)25)14-3-1-7-21-11-14/h1,3,5-7,9-11,15H,2,4,8H2,(H,22,24). The second-order valence-electron chi connectivity index (χ2n) is 6.16. The van der Waals surface area contributed by atoms with Crippen molar-refractivity contribution in [2.75, 3.05) is 11.4 Å². The molecule has 0 bridgehead atoms. The molecule has 132 valence electrons. The van der Waals surface area contributed by atoms with Gasteiger partial charge in [0.05, 0.1) is 11.9 Å². The molecule has 2 amide bonds. The zero-order valence-corrected chi connectivity index (χ0v) is 14.6. The van der Waals surface area contributed by atoms with Crippen molar-refractivity contribution in [3.63, 3.8) is 0 Å². The number of nitrogens with one attached hydrogen (secondary N) is 1. The predicted molar refractivity (Wildman–Crippen MR) is 98.3 cm³/mol. The number of hydrogen-bond donors (Lipinski definition) is 1. The van der Waals surface area contributed by atoms with Gasteiger partial charge in [-0.05, 0) is 49.2 Å². The molecular formula is C19H16ClN3O3. The highest BCUT2D eigenvalue weighted by atomic mass is 35.5. The van der Waals surface area contributed by atoms with Gasteiger partial charge in [0.25, 0.3) is 5.91 Å². The lowest BCUT2D eigenvalue weighted by molar-refractivity contribution is -0.121. The van der Waals surface area contributed by atoms with Crippen LogP contribution in [0.25, 0.3) is 11.0 Å². The van der Waals surface area contributed by atoms with E-state index in [0.717, 1.165) is 17.5 Å². The molecule has 7 heteroatoms. The van der Waals surface area contributed by atoms with Gasteiger partial charge < -0.3 is 14.6 Å². The summed E-state index contributed by atoms with van der Waals surface area (Å²) in [6.45, 7) is 0.611. The molecule has 1 saturated heterocycles. The van der Waals surface area contributed by atoms with E-state index in [-0.39, 0.29) is 11.7 Å². The highest BCUT2D eigenvalue weighted by molar-refractivity contribution is 6.31. The van der Waals surface area contributed by atoms with Gasteiger partial charge in [0.2, 0.25) is 5.91 Å². The molecule has 4 rings (SSSR count). The van der Waals surface area contributed by atoms with E-state index in [1.165, 1.54) is 0 Å². The number of amides is 2. The number of carbonyl (C=O) groups is 2. The first-order valence-electron chi connectivity index (χ1n) is 8.33. The van der Waals surface area contributed by atoms with E-state index in [0.29, 0.717) is 23.6 Å². The maximum absolute atomic E-state index is 12.7. The monoisotopic (exact) mass is 369 g/mol. The Hall–Kier alpha value is -2.86. The second kappa shape index (κ2) is 6.80. The Kier molecular flexibility index (Phi) is 4.34. The first-order chi connectivity index (χ1) is 12.6. The van der Waals surface area contributed by atoms with Crippen LogP contribution in [0, 0.1) is 0 Å². The number of pyridine rings is 1. The van der Waals surface area contributed by atoms with Crippen molar-refractivity contribution in [1.29, 1.82) is 0 Å². The molecule has 0 aliphatic carbocycles. The second-order valence-corrected chi connectivity index (χ2v) is 6.60. The number of furan rings is 1. The summed E-state index contributed by atoms with van der Waals surface area (Å²) in [5, 5.41) is 4.10. The quantitative estimate of drug-likeness (QED) is 0.767. The predicted octanol–water partition coefficient (Wildman–Crippen LogP) is 3.41. The maximum Gasteiger partial charge on any atom is 0.287 e. The average molecular weight is 370 g/mol. The van der Waals surface area contributed by atoms with Crippen LogP contribution in [-0.2, 0) is 4.79 Å². The van der Waals surface area contributed by atoms with E-state index >= 15 is 0 Å². The number of aromatic nitrogens is 1. The molecule has 0 saturated carbocycles. The van der Waals surface area contributed by atoms with Crippen molar-refractivity contribution in [2.45, 2.75) is 18.9 Å². The third kappa shape index (κ3) is 3.15. The number of halogens is 1. The van der Waals surface area contributed by atoms with E-state index < -0.39 is 11.9 Å². The Balaban J connectivity index is 1.52. The Bertz CT molecular complexity index is 971. The molecule has 1 aliphatic rings. The van der Waals surface area contributed by atoms with E-state index in [1.807, 2.05) is 6.07 Å². The summed E-state index contributed by atoms with van der Waals surface area (Å²) in [7, 11) is 0. The van der Waals surface area contributed by atoms with E-state index in [2.05, 4.69) is 10.3 Å². The molecule has 1 aromatic carbocycles. The summed E-state index contributed by atoms with van der Waals surface area (Å²) in [6, 6.07) is 9.79. The smallest absolute Gasteiger partial charge is 0.287 e. The molecule has 1 unspecified atom stereocenters. The van der Waals surface area contributed by atoms with Crippen molar-refractivity contribution in [3.8, 4) is 0 Å². The minimum Gasteiger partial charge on any atom is -0.451 e. The molecular weight excluding hydrogens is 354 g/mol. The number of piperidine rings is 1. The van der Waals surface area contributed by atoms with Crippen LogP contribution in [0.15, 0.2) is 53.2 Å². The summed E-state index contributed by atoms with van der Waals surface area (Å²) in [4.78, 5) is 31.0. The van der Waals surface area contributed by atoms with Crippen LogP contribution in [0.1, 0.15) is 23.4 Å². The molecule has 26 heavy (non-hydrogen) atoms. The first-order valence-corrected chi connectivity index (χ1v) is 8.71. The van der Waals surface area contributed by atoms with Gasteiger partial charge in [-0.3, -0.25) is 14.6 Å². The zero-order chi connectivity index (χ0) is 18.1. The van der Waals surface area contributed by atoms with E-state index in [4.69, 9.17) is 16.0 Å². The Morgan fingerprint density at radius 2 is 2.19 bits per heavy atom. The van der Waals surface area contributed by atoms with Crippen molar-refractivity contribution >= 4 is 40.1 Å². The molecule has 1 fully saturated rings. The number of rotatable bonds is 3. The van der Waals surface area contributed by atoms with Crippen molar-refractivity contribution in [1.82, 2.24) is 10.3 Å². The highest BCUT2D eigenvalue weighted by Crippen LogP contribution is 2.24. The van der Waals surface area contributed by atoms with Crippen LogP contribution in [0.3, 0.4) is 0 Å². The lowest BCUT2D eigenvalue weighted by atomic mass is 10.0. The van der Waals surface area contributed by atoms with Gasteiger partial charge in [-0.15, -0.1) is 0 Å². The largest absolute Gasteiger partial charge is 0.451 e. The Morgan fingerprint density at radius 1 is 1.31 bits per heavy atom. The zero-order valence-electron chi connectivity index (χ0n) is 13.8. The highest BCUT2D eigenvalue weighted by Gasteiger charge is 2.31. The third-order valence-corrected chi connectivity index (χ3v) is 4.64. The van der Waals surface area contributed by atoms with Crippen molar-refractivity contribution in [2.24, 2.45) is 0 Å². The van der Waals surface area contributed by atoms with E-state index in [1.54, 1.807) is 47.6 Å². The normalized spacial score (nSPS) is 17.5. The van der Waals surface area contributed by atoms with Crippen LogP contribution in [-0.4, -0.2) is 29.4 Å². The summed E-state index contributed by atoms with van der Waals surface area (Å²) < 4.78 is 5.57.